The molecule has 0 radical (unpaired) electrons. The Balaban J connectivity index is 1.89. The maximum atomic E-state index is 13.9. The van der Waals surface area contributed by atoms with Crippen molar-refractivity contribution in [2.24, 2.45) is 0 Å². The summed E-state index contributed by atoms with van der Waals surface area (Å²) in [6, 6.07) is 13.6. The van der Waals surface area contributed by atoms with Gasteiger partial charge in [-0.1, -0.05) is 42.5 Å². The topological polar surface area (TPSA) is 66.5 Å². The number of hydrogen-bond acceptors (Lipinski definition) is 3. The molecule has 1 saturated heterocycles. The van der Waals surface area contributed by atoms with Crippen molar-refractivity contribution in [3.63, 3.8) is 0 Å². The minimum absolute atomic E-state index is 0.00557. The first-order valence-electron chi connectivity index (χ1n) is 8.07. The van der Waals surface area contributed by atoms with Crippen LogP contribution in [0.15, 0.2) is 59.5 Å². The molecule has 3 rings (SSSR count). The lowest BCUT2D eigenvalue weighted by Crippen LogP contribution is -2.38. The number of likely N-dealkylation sites (tertiary alicyclic amines) is 1. The number of carbonyl (C=O) groups excluding carboxylic acids is 1. The van der Waals surface area contributed by atoms with Crippen LogP contribution in [0.1, 0.15) is 24.4 Å². The van der Waals surface area contributed by atoms with E-state index >= 15 is 0 Å². The van der Waals surface area contributed by atoms with Crippen LogP contribution in [0.25, 0.3) is 0 Å². The molecule has 0 bridgehead atoms. The van der Waals surface area contributed by atoms with E-state index in [1.807, 2.05) is 6.07 Å². The molecule has 1 aliphatic rings. The molecule has 0 aliphatic carbocycles. The highest BCUT2D eigenvalue weighted by Crippen LogP contribution is 2.22. The summed E-state index contributed by atoms with van der Waals surface area (Å²) >= 11 is 0. The summed E-state index contributed by atoms with van der Waals surface area (Å²) in [5, 5.41) is 0. The third-order valence-electron chi connectivity index (χ3n) is 4.20. The Morgan fingerprint density at radius 1 is 1.08 bits per heavy atom. The van der Waals surface area contributed by atoms with E-state index in [1.165, 1.54) is 18.2 Å². The van der Waals surface area contributed by atoms with Gasteiger partial charge in [0.1, 0.15) is 10.7 Å². The van der Waals surface area contributed by atoms with E-state index < -0.39 is 26.8 Å². The van der Waals surface area contributed by atoms with E-state index in [0.29, 0.717) is 13.0 Å². The van der Waals surface area contributed by atoms with Crippen LogP contribution in [0.5, 0.6) is 0 Å². The lowest BCUT2D eigenvalue weighted by molar-refractivity contribution is -0.127. The van der Waals surface area contributed by atoms with Gasteiger partial charge < -0.3 is 4.90 Å². The highest BCUT2D eigenvalue weighted by atomic mass is 32.2. The Morgan fingerprint density at radius 3 is 2.40 bits per heavy atom. The molecule has 132 valence electrons. The molecule has 1 fully saturated rings. The first-order valence-corrected chi connectivity index (χ1v) is 9.55. The monoisotopic (exact) mass is 362 g/mol. The zero-order valence-corrected chi connectivity index (χ0v) is 14.4. The van der Waals surface area contributed by atoms with Crippen molar-refractivity contribution in [2.75, 3.05) is 13.1 Å². The summed E-state index contributed by atoms with van der Waals surface area (Å²) in [6.07, 6.45) is 1.24. The number of hydrogen-bond donors (Lipinski definition) is 1. The number of benzene rings is 2. The summed E-state index contributed by atoms with van der Waals surface area (Å²) in [5.74, 6) is -0.801. The van der Waals surface area contributed by atoms with E-state index in [-0.39, 0.29) is 12.5 Å². The Kier molecular flexibility index (Phi) is 5.15. The first kappa shape index (κ1) is 17.6. The molecular weight excluding hydrogens is 343 g/mol. The summed E-state index contributed by atoms with van der Waals surface area (Å²) < 4.78 is 41.7. The van der Waals surface area contributed by atoms with E-state index in [2.05, 4.69) is 4.72 Å². The Morgan fingerprint density at radius 2 is 1.76 bits per heavy atom. The highest BCUT2D eigenvalue weighted by molar-refractivity contribution is 7.89. The van der Waals surface area contributed by atoms with Gasteiger partial charge in [-0.15, -0.1) is 0 Å². The lowest BCUT2D eigenvalue weighted by Gasteiger charge is -2.25. The van der Waals surface area contributed by atoms with Crippen LogP contribution in [0.4, 0.5) is 4.39 Å². The standard InChI is InChI=1S/C18H19FN2O3S/c19-15-9-4-5-10-17(15)25(23,24)20-16(14-7-2-1-3-8-14)13-21-12-6-11-18(21)22/h1-5,7-10,16,20H,6,11-13H2. The fraction of sp³-hybridized carbons (Fsp3) is 0.278. The molecular formula is C18H19FN2O3S. The molecule has 25 heavy (non-hydrogen) atoms. The Bertz CT molecular complexity index is 856. The molecule has 0 spiro atoms. The van der Waals surface area contributed by atoms with Gasteiger partial charge in [-0.2, -0.15) is 0 Å². The normalized spacial score (nSPS) is 16.2. The molecule has 2 aromatic carbocycles. The fourth-order valence-electron chi connectivity index (χ4n) is 2.93. The van der Waals surface area contributed by atoms with Crippen LogP contribution in [-0.4, -0.2) is 32.3 Å². The molecule has 1 atom stereocenters. The number of carbonyl (C=O) groups is 1. The second-order valence-electron chi connectivity index (χ2n) is 5.96. The van der Waals surface area contributed by atoms with Crippen molar-refractivity contribution >= 4 is 15.9 Å². The molecule has 5 nitrogen and oxygen atoms in total. The second-order valence-corrected chi connectivity index (χ2v) is 7.64. The molecule has 0 aromatic heterocycles. The van der Waals surface area contributed by atoms with Crippen molar-refractivity contribution in [2.45, 2.75) is 23.8 Å². The largest absolute Gasteiger partial charge is 0.341 e. The summed E-state index contributed by atoms with van der Waals surface area (Å²) in [4.78, 5) is 13.2. The van der Waals surface area contributed by atoms with E-state index in [1.54, 1.807) is 29.2 Å². The van der Waals surface area contributed by atoms with Gasteiger partial charge in [-0.05, 0) is 24.1 Å². The minimum Gasteiger partial charge on any atom is -0.341 e. The molecule has 2 aromatic rings. The van der Waals surface area contributed by atoms with E-state index in [0.717, 1.165) is 18.1 Å². The molecule has 1 aliphatic heterocycles. The Labute approximate surface area is 146 Å². The van der Waals surface area contributed by atoms with Crippen molar-refractivity contribution in [1.82, 2.24) is 9.62 Å². The van der Waals surface area contributed by atoms with Crippen LogP contribution >= 0.6 is 0 Å². The zero-order chi connectivity index (χ0) is 17.9. The zero-order valence-electron chi connectivity index (χ0n) is 13.6. The number of halogens is 1. The van der Waals surface area contributed by atoms with Crippen LogP contribution in [0, 0.1) is 5.82 Å². The van der Waals surface area contributed by atoms with Crippen molar-refractivity contribution in [3.05, 3.63) is 66.0 Å². The maximum Gasteiger partial charge on any atom is 0.244 e. The molecule has 0 saturated carbocycles. The van der Waals surface area contributed by atoms with Gasteiger partial charge in [-0.25, -0.2) is 17.5 Å². The van der Waals surface area contributed by atoms with Crippen molar-refractivity contribution in [3.8, 4) is 0 Å². The summed E-state index contributed by atoms with van der Waals surface area (Å²) in [6.45, 7) is 0.820. The van der Waals surface area contributed by atoms with Crippen molar-refractivity contribution in [1.29, 1.82) is 0 Å². The maximum absolute atomic E-state index is 13.9. The van der Waals surface area contributed by atoms with Crippen molar-refractivity contribution < 1.29 is 17.6 Å². The van der Waals surface area contributed by atoms with Gasteiger partial charge in [0.05, 0.1) is 6.04 Å². The molecule has 1 heterocycles. The fourth-order valence-corrected chi connectivity index (χ4v) is 4.22. The van der Waals surface area contributed by atoms with Gasteiger partial charge in [0.15, 0.2) is 0 Å². The van der Waals surface area contributed by atoms with Gasteiger partial charge in [-0.3, -0.25) is 4.79 Å². The molecule has 1 N–H and O–H groups in total. The van der Waals surface area contributed by atoms with Gasteiger partial charge in [0.25, 0.3) is 0 Å². The second kappa shape index (κ2) is 7.33. The predicted octanol–water partition coefficient (Wildman–Crippen LogP) is 2.47. The number of nitrogens with one attached hydrogen (secondary N) is 1. The highest BCUT2D eigenvalue weighted by Gasteiger charge is 2.28. The van der Waals surface area contributed by atoms with E-state index in [4.69, 9.17) is 0 Å². The Hall–Kier alpha value is -2.25. The number of sulfonamides is 1. The van der Waals surface area contributed by atoms with E-state index in [9.17, 15) is 17.6 Å². The van der Waals surface area contributed by atoms with Crippen LogP contribution in [-0.2, 0) is 14.8 Å². The summed E-state index contributed by atoms with van der Waals surface area (Å²) in [7, 11) is -4.06. The minimum atomic E-state index is -4.06. The smallest absolute Gasteiger partial charge is 0.244 e. The SMILES string of the molecule is O=C1CCCN1CC(NS(=O)(=O)c1ccccc1F)c1ccccc1. The van der Waals surface area contributed by atoms with Crippen LogP contribution in [0.2, 0.25) is 0 Å². The van der Waals surface area contributed by atoms with Gasteiger partial charge in [0.2, 0.25) is 15.9 Å². The number of rotatable bonds is 6. The molecule has 7 heteroatoms. The average Bonchev–Trinajstić information content (AvgIpc) is 3.00. The first-order chi connectivity index (χ1) is 12.0. The van der Waals surface area contributed by atoms with Crippen LogP contribution < -0.4 is 4.72 Å². The molecule has 1 amide bonds. The predicted molar refractivity (Wildman–Crippen MR) is 91.7 cm³/mol. The summed E-state index contributed by atoms with van der Waals surface area (Å²) in [5.41, 5.74) is 0.724. The van der Waals surface area contributed by atoms with Crippen LogP contribution in [0.3, 0.4) is 0 Å². The average molecular weight is 362 g/mol. The number of amides is 1. The van der Waals surface area contributed by atoms with Gasteiger partial charge in [0, 0.05) is 19.5 Å². The number of nitrogens with zero attached hydrogens (tertiary/aromatic N) is 1. The quantitative estimate of drug-likeness (QED) is 0.858. The lowest BCUT2D eigenvalue weighted by atomic mass is 10.1. The molecule has 1 unspecified atom stereocenters. The third-order valence-corrected chi connectivity index (χ3v) is 5.70. The van der Waals surface area contributed by atoms with Gasteiger partial charge >= 0.3 is 0 Å². The third kappa shape index (κ3) is 4.05.